The number of methoxy groups -OCH3 is 1. The number of ether oxygens (including phenoxy) is 1. The molecule has 0 bridgehead atoms. The number of benzene rings is 2. The number of hydrogen-bond donors (Lipinski definition) is 1. The minimum absolute atomic E-state index is 0.115. The van der Waals surface area contributed by atoms with Gasteiger partial charge in [0.2, 0.25) is 0 Å². The van der Waals surface area contributed by atoms with E-state index in [0.29, 0.717) is 23.4 Å². The van der Waals surface area contributed by atoms with Gasteiger partial charge in [0.1, 0.15) is 11.7 Å². The topological polar surface area (TPSA) is 66.8 Å². The fraction of sp³-hybridized carbons (Fsp3) is 0.300. The summed E-state index contributed by atoms with van der Waals surface area (Å²) in [6.07, 6.45) is 0.757. The maximum Gasteiger partial charge on any atom is 0.313 e. The fourth-order valence-electron chi connectivity index (χ4n) is 3.52. The Labute approximate surface area is 146 Å². The highest BCUT2D eigenvalue weighted by atomic mass is 16.5. The van der Waals surface area contributed by atoms with Gasteiger partial charge in [-0.2, -0.15) is 0 Å². The lowest BCUT2D eigenvalue weighted by Crippen LogP contribution is -2.45. The molecule has 0 aliphatic carbocycles. The molecule has 1 heterocycles. The summed E-state index contributed by atoms with van der Waals surface area (Å²) in [7, 11) is 1.58. The van der Waals surface area contributed by atoms with Gasteiger partial charge in [-0.05, 0) is 35.7 Å². The third-order valence-electron chi connectivity index (χ3n) is 4.63. The zero-order chi connectivity index (χ0) is 18.0. The van der Waals surface area contributed by atoms with E-state index in [-0.39, 0.29) is 5.91 Å². The standard InChI is InChI=1S/C20H21NO4/c1-3-12-21-18(13-8-10-14(25-2)11-9-13)17(20(23)24)15-6-4-5-7-16(15)19(21)22/h4-11,17-18H,3,12H2,1-2H3,(H,23,24)/t17-,18+/m0/s1. The van der Waals surface area contributed by atoms with E-state index in [2.05, 4.69) is 0 Å². The van der Waals surface area contributed by atoms with Crippen LogP contribution in [-0.2, 0) is 4.79 Å². The van der Waals surface area contributed by atoms with Crippen LogP contribution in [-0.4, -0.2) is 35.5 Å². The van der Waals surface area contributed by atoms with Crippen LogP contribution in [0.1, 0.15) is 46.8 Å². The molecule has 0 radical (unpaired) electrons. The van der Waals surface area contributed by atoms with Gasteiger partial charge in [0.25, 0.3) is 5.91 Å². The van der Waals surface area contributed by atoms with E-state index in [9.17, 15) is 14.7 Å². The maximum atomic E-state index is 13.0. The largest absolute Gasteiger partial charge is 0.497 e. The lowest BCUT2D eigenvalue weighted by molar-refractivity contribution is -0.140. The summed E-state index contributed by atoms with van der Waals surface area (Å²) in [4.78, 5) is 26.8. The van der Waals surface area contributed by atoms with Crippen LogP contribution in [0.4, 0.5) is 0 Å². The number of nitrogens with zero attached hydrogens (tertiary/aromatic N) is 1. The van der Waals surface area contributed by atoms with Crippen molar-refractivity contribution in [3.63, 3.8) is 0 Å². The van der Waals surface area contributed by atoms with Crippen molar-refractivity contribution >= 4 is 11.9 Å². The number of hydrogen-bond acceptors (Lipinski definition) is 3. The predicted octanol–water partition coefficient (Wildman–Crippen LogP) is 3.47. The molecule has 0 unspecified atom stereocenters. The number of carbonyl (C=O) groups excluding carboxylic acids is 1. The molecule has 25 heavy (non-hydrogen) atoms. The summed E-state index contributed by atoms with van der Waals surface area (Å²) < 4.78 is 5.19. The van der Waals surface area contributed by atoms with E-state index in [1.54, 1.807) is 48.4 Å². The number of rotatable bonds is 5. The normalized spacial score (nSPS) is 19.4. The monoisotopic (exact) mass is 339 g/mol. The number of aliphatic carboxylic acids is 1. The second-order valence-electron chi connectivity index (χ2n) is 6.12. The quantitative estimate of drug-likeness (QED) is 0.906. The summed E-state index contributed by atoms with van der Waals surface area (Å²) in [5, 5.41) is 9.93. The lowest BCUT2D eigenvalue weighted by atomic mass is 9.79. The van der Waals surface area contributed by atoms with Crippen molar-refractivity contribution < 1.29 is 19.4 Å². The molecule has 0 spiro atoms. The molecule has 1 N–H and O–H groups in total. The third kappa shape index (κ3) is 2.97. The average Bonchev–Trinajstić information content (AvgIpc) is 2.63. The smallest absolute Gasteiger partial charge is 0.313 e. The van der Waals surface area contributed by atoms with Crippen molar-refractivity contribution in [2.75, 3.05) is 13.7 Å². The van der Waals surface area contributed by atoms with Gasteiger partial charge in [-0.15, -0.1) is 0 Å². The molecule has 1 amide bonds. The van der Waals surface area contributed by atoms with Crippen LogP contribution in [0.5, 0.6) is 5.75 Å². The minimum atomic E-state index is -0.929. The summed E-state index contributed by atoms with van der Waals surface area (Å²) in [5.41, 5.74) is 1.85. The van der Waals surface area contributed by atoms with Crippen molar-refractivity contribution in [1.82, 2.24) is 4.90 Å². The van der Waals surface area contributed by atoms with Gasteiger partial charge in [-0.3, -0.25) is 9.59 Å². The van der Waals surface area contributed by atoms with Gasteiger partial charge in [0.15, 0.2) is 0 Å². The molecule has 1 aliphatic rings. The zero-order valence-electron chi connectivity index (χ0n) is 14.3. The van der Waals surface area contributed by atoms with Crippen molar-refractivity contribution in [2.24, 2.45) is 0 Å². The first-order valence-corrected chi connectivity index (χ1v) is 8.35. The van der Waals surface area contributed by atoms with Crippen molar-refractivity contribution in [3.05, 3.63) is 65.2 Å². The first kappa shape index (κ1) is 17.0. The molecule has 0 saturated carbocycles. The van der Waals surface area contributed by atoms with Crippen LogP contribution in [0.2, 0.25) is 0 Å². The van der Waals surface area contributed by atoms with Crippen molar-refractivity contribution in [1.29, 1.82) is 0 Å². The molecule has 5 nitrogen and oxygen atoms in total. The van der Waals surface area contributed by atoms with Crippen LogP contribution < -0.4 is 4.74 Å². The number of carbonyl (C=O) groups is 2. The first-order valence-electron chi connectivity index (χ1n) is 8.35. The third-order valence-corrected chi connectivity index (χ3v) is 4.63. The summed E-state index contributed by atoms with van der Waals surface area (Å²) in [5.74, 6) is -1.15. The molecule has 0 saturated heterocycles. The highest BCUT2D eigenvalue weighted by molar-refractivity contribution is 6.00. The van der Waals surface area contributed by atoms with Gasteiger partial charge in [0, 0.05) is 12.1 Å². The Morgan fingerprint density at radius 1 is 1.16 bits per heavy atom. The molecule has 0 aromatic heterocycles. The van der Waals surface area contributed by atoms with Crippen LogP contribution >= 0.6 is 0 Å². The van der Waals surface area contributed by atoms with Gasteiger partial charge in [0.05, 0.1) is 13.2 Å². The molecule has 2 aromatic rings. The predicted molar refractivity (Wildman–Crippen MR) is 93.9 cm³/mol. The van der Waals surface area contributed by atoms with E-state index in [1.807, 2.05) is 19.1 Å². The van der Waals surface area contributed by atoms with Gasteiger partial charge in [-0.1, -0.05) is 37.3 Å². The Balaban J connectivity index is 2.16. The Bertz CT molecular complexity index is 785. The fourth-order valence-corrected chi connectivity index (χ4v) is 3.52. The van der Waals surface area contributed by atoms with E-state index < -0.39 is 17.9 Å². The molecule has 0 fully saturated rings. The zero-order valence-corrected chi connectivity index (χ0v) is 14.3. The molecular weight excluding hydrogens is 318 g/mol. The van der Waals surface area contributed by atoms with Gasteiger partial charge < -0.3 is 14.7 Å². The molecule has 2 atom stereocenters. The maximum absolute atomic E-state index is 13.0. The van der Waals surface area contributed by atoms with Gasteiger partial charge in [-0.25, -0.2) is 0 Å². The van der Waals surface area contributed by atoms with Crippen LogP contribution in [0.25, 0.3) is 0 Å². The second-order valence-corrected chi connectivity index (χ2v) is 6.12. The molecular formula is C20H21NO4. The first-order chi connectivity index (χ1) is 12.1. The molecule has 1 aliphatic heterocycles. The lowest BCUT2D eigenvalue weighted by Gasteiger charge is -2.40. The molecule has 5 heteroatoms. The SMILES string of the molecule is CCCN1C(=O)c2ccccc2[C@H](C(=O)O)[C@H]1c1ccc(OC)cc1. The minimum Gasteiger partial charge on any atom is -0.497 e. The van der Waals surface area contributed by atoms with Gasteiger partial charge >= 0.3 is 5.97 Å². The number of fused-ring (bicyclic) bond motifs is 1. The summed E-state index contributed by atoms with van der Waals surface area (Å²) in [6, 6.07) is 13.7. The average molecular weight is 339 g/mol. The van der Waals surface area contributed by atoms with E-state index in [1.165, 1.54) is 0 Å². The number of carboxylic acids is 1. The van der Waals surface area contributed by atoms with Crippen LogP contribution in [0.15, 0.2) is 48.5 Å². The molecule has 130 valence electrons. The molecule has 2 aromatic carbocycles. The number of amides is 1. The van der Waals surface area contributed by atoms with Crippen molar-refractivity contribution in [3.8, 4) is 5.75 Å². The highest BCUT2D eigenvalue weighted by Crippen LogP contribution is 2.43. The Morgan fingerprint density at radius 3 is 2.44 bits per heavy atom. The highest BCUT2D eigenvalue weighted by Gasteiger charge is 2.43. The van der Waals surface area contributed by atoms with E-state index >= 15 is 0 Å². The Kier molecular flexibility index (Phi) is 4.74. The van der Waals surface area contributed by atoms with E-state index in [4.69, 9.17) is 4.74 Å². The summed E-state index contributed by atoms with van der Waals surface area (Å²) in [6.45, 7) is 2.49. The second kappa shape index (κ2) is 6.97. The van der Waals surface area contributed by atoms with E-state index in [0.717, 1.165) is 12.0 Å². The summed E-state index contributed by atoms with van der Waals surface area (Å²) >= 11 is 0. The van der Waals surface area contributed by atoms with Crippen LogP contribution in [0, 0.1) is 0 Å². The molecule has 3 rings (SSSR count). The number of carboxylic acid groups (broad SMARTS) is 1. The van der Waals surface area contributed by atoms with Crippen LogP contribution in [0.3, 0.4) is 0 Å². The Morgan fingerprint density at radius 2 is 1.84 bits per heavy atom. The van der Waals surface area contributed by atoms with Crippen molar-refractivity contribution in [2.45, 2.75) is 25.3 Å². The Hall–Kier alpha value is -2.82.